The molecule has 50 heavy (non-hydrogen) atoms. The zero-order valence-corrected chi connectivity index (χ0v) is 31.0. The number of allylic oxidation sites excluding steroid dienone is 1. The van der Waals surface area contributed by atoms with Crippen LogP contribution in [0.3, 0.4) is 0 Å². The van der Waals surface area contributed by atoms with Crippen LogP contribution >= 0.6 is 0 Å². The Hall–Kier alpha value is -3.00. The van der Waals surface area contributed by atoms with Crippen LogP contribution in [0.1, 0.15) is 153 Å². The Bertz CT molecular complexity index is 1180. The zero-order chi connectivity index (χ0) is 36.3. The second kappa shape index (κ2) is 25.9. The predicted molar refractivity (Wildman–Crippen MR) is 204 cm³/mol. The molecule has 0 aromatic heterocycles. The molecular weight excluding hydrogens is 635 g/mol. The van der Waals surface area contributed by atoms with E-state index in [1.165, 1.54) is 62.5 Å². The fourth-order valence-corrected chi connectivity index (χ4v) is 5.88. The standard InChI is InChI=1S/C33H51F3N2.C9H15NO2/c1-2-3-4-5-6-10-13-18-27-37-28-29-22-24-31(25-23-29)38-32-21-16-15-20-30(32)19-14-11-8-7-9-12-17-26-33(34,35)36;1-2-3-4-7-10-9(5-6-9)8(11)12/h15-16,20-25,37-38H,2-14,17-19,26-28H2,1H3;4,7,10H,2-3,5-6H2,1H3,(H,11,12). The summed E-state index contributed by atoms with van der Waals surface area (Å²) in [6.45, 7) is 6.35. The average Bonchev–Trinajstić information content (AvgIpc) is 3.89. The van der Waals surface area contributed by atoms with Gasteiger partial charge in [0.2, 0.25) is 0 Å². The van der Waals surface area contributed by atoms with Crippen molar-refractivity contribution in [3.63, 3.8) is 0 Å². The molecule has 0 amide bonds. The number of benzene rings is 2. The van der Waals surface area contributed by atoms with Crippen LogP contribution in [0.4, 0.5) is 24.5 Å². The lowest BCUT2D eigenvalue weighted by atomic mass is 10.0. The van der Waals surface area contributed by atoms with E-state index in [0.29, 0.717) is 6.42 Å². The summed E-state index contributed by atoms with van der Waals surface area (Å²) in [6.07, 6.45) is 20.7. The third kappa shape index (κ3) is 20.6. The van der Waals surface area contributed by atoms with Crippen molar-refractivity contribution in [2.24, 2.45) is 0 Å². The van der Waals surface area contributed by atoms with Crippen molar-refractivity contribution in [3.8, 4) is 0 Å². The number of rotatable bonds is 27. The van der Waals surface area contributed by atoms with Gasteiger partial charge in [0.05, 0.1) is 0 Å². The van der Waals surface area contributed by atoms with Gasteiger partial charge in [0.25, 0.3) is 0 Å². The van der Waals surface area contributed by atoms with E-state index < -0.39 is 24.1 Å². The Labute approximate surface area is 301 Å². The predicted octanol–water partition coefficient (Wildman–Crippen LogP) is 12.4. The number of unbranched alkanes of at least 4 members (excludes halogenated alkanes) is 14. The van der Waals surface area contributed by atoms with Gasteiger partial charge in [-0.15, -0.1) is 0 Å². The van der Waals surface area contributed by atoms with Crippen molar-refractivity contribution < 1.29 is 23.1 Å². The van der Waals surface area contributed by atoms with Gasteiger partial charge in [0, 0.05) is 24.3 Å². The second-order valence-corrected chi connectivity index (χ2v) is 13.9. The van der Waals surface area contributed by atoms with Gasteiger partial charge in [-0.25, -0.2) is 4.79 Å². The summed E-state index contributed by atoms with van der Waals surface area (Å²) in [5, 5.41) is 18.9. The molecule has 0 heterocycles. The van der Waals surface area contributed by atoms with Gasteiger partial charge in [-0.05, 0) is 87.0 Å². The molecule has 1 fully saturated rings. The number of hydrogen-bond donors (Lipinski definition) is 4. The maximum atomic E-state index is 12.2. The smallest absolute Gasteiger partial charge is 0.389 e. The Kier molecular flexibility index (Phi) is 22.3. The number of para-hydroxylation sites is 1. The van der Waals surface area contributed by atoms with Gasteiger partial charge in [0.15, 0.2) is 0 Å². The van der Waals surface area contributed by atoms with Crippen LogP contribution in [0.5, 0.6) is 0 Å². The molecule has 0 atom stereocenters. The maximum absolute atomic E-state index is 12.2. The lowest BCUT2D eigenvalue weighted by molar-refractivity contribution is -0.140. The highest BCUT2D eigenvalue weighted by Crippen LogP contribution is 2.35. The third-order valence-corrected chi connectivity index (χ3v) is 9.29. The fourth-order valence-electron chi connectivity index (χ4n) is 5.88. The first-order valence-electron chi connectivity index (χ1n) is 19.6. The van der Waals surface area contributed by atoms with E-state index >= 15 is 0 Å². The van der Waals surface area contributed by atoms with Gasteiger partial charge in [-0.1, -0.05) is 134 Å². The van der Waals surface area contributed by atoms with E-state index in [0.717, 1.165) is 88.7 Å². The van der Waals surface area contributed by atoms with E-state index in [-0.39, 0.29) is 6.42 Å². The van der Waals surface area contributed by atoms with E-state index in [9.17, 15) is 18.0 Å². The number of carbonyl (C=O) groups is 1. The molecule has 4 N–H and O–H groups in total. The molecule has 0 unspecified atom stereocenters. The highest BCUT2D eigenvalue weighted by molar-refractivity contribution is 5.82. The molecule has 3 rings (SSSR count). The Morgan fingerprint density at radius 2 is 1.38 bits per heavy atom. The number of aliphatic carboxylic acids is 1. The molecule has 0 aliphatic heterocycles. The van der Waals surface area contributed by atoms with Crippen molar-refractivity contribution >= 4 is 17.3 Å². The molecule has 282 valence electrons. The summed E-state index contributed by atoms with van der Waals surface area (Å²) in [6, 6.07) is 17.2. The van der Waals surface area contributed by atoms with Crippen molar-refractivity contribution in [1.82, 2.24) is 10.6 Å². The first-order chi connectivity index (χ1) is 24.2. The number of aryl methyl sites for hydroxylation is 1. The first kappa shape index (κ1) is 43.2. The van der Waals surface area contributed by atoms with Crippen LogP contribution in [0.15, 0.2) is 60.8 Å². The monoisotopic (exact) mass is 702 g/mol. The van der Waals surface area contributed by atoms with E-state index in [4.69, 9.17) is 5.11 Å². The first-order valence-corrected chi connectivity index (χ1v) is 19.6. The largest absolute Gasteiger partial charge is 0.480 e. The fraction of sp³-hybridized carbons (Fsp3) is 0.643. The number of alkyl halides is 3. The highest BCUT2D eigenvalue weighted by Gasteiger charge is 2.49. The molecule has 1 aliphatic rings. The number of halogens is 3. The van der Waals surface area contributed by atoms with E-state index in [2.05, 4.69) is 78.3 Å². The van der Waals surface area contributed by atoms with Crippen LogP contribution in [0, 0.1) is 0 Å². The van der Waals surface area contributed by atoms with Crippen molar-refractivity contribution in [3.05, 3.63) is 71.9 Å². The van der Waals surface area contributed by atoms with E-state index in [1.54, 1.807) is 6.20 Å². The summed E-state index contributed by atoms with van der Waals surface area (Å²) in [5.41, 5.74) is 4.25. The van der Waals surface area contributed by atoms with Crippen LogP contribution in [-0.4, -0.2) is 29.3 Å². The normalized spacial score (nSPS) is 13.5. The molecule has 2 aromatic rings. The molecular formula is C42H66F3N3O2. The molecule has 2 aromatic carbocycles. The maximum Gasteiger partial charge on any atom is 0.389 e. The minimum absolute atomic E-state index is 0.263. The summed E-state index contributed by atoms with van der Waals surface area (Å²) < 4.78 is 36.6. The Morgan fingerprint density at radius 1 is 0.780 bits per heavy atom. The van der Waals surface area contributed by atoms with Gasteiger partial charge < -0.3 is 21.1 Å². The molecule has 1 aliphatic carbocycles. The molecule has 5 nitrogen and oxygen atoms in total. The number of nitrogens with one attached hydrogen (secondary N) is 3. The molecule has 1 saturated carbocycles. The summed E-state index contributed by atoms with van der Waals surface area (Å²) >= 11 is 0. The summed E-state index contributed by atoms with van der Waals surface area (Å²) in [7, 11) is 0. The van der Waals surface area contributed by atoms with Crippen LogP contribution in [0.2, 0.25) is 0 Å². The van der Waals surface area contributed by atoms with E-state index in [1.807, 2.05) is 6.08 Å². The summed E-state index contributed by atoms with van der Waals surface area (Å²) in [4.78, 5) is 10.7. The molecule has 8 heteroatoms. The van der Waals surface area contributed by atoms with Gasteiger partial charge in [0.1, 0.15) is 5.54 Å². The topological polar surface area (TPSA) is 73.4 Å². The van der Waals surface area contributed by atoms with Gasteiger partial charge >= 0.3 is 12.1 Å². The van der Waals surface area contributed by atoms with Crippen molar-refractivity contribution in [2.75, 3.05) is 11.9 Å². The SMILES string of the molecule is CCCC=CNC1(C(=O)O)CC1.CCCCCCCCCCNCc1ccc(Nc2ccccc2CCCCCCCCCC(F)(F)F)cc1. The third-order valence-electron chi connectivity index (χ3n) is 9.29. The van der Waals surface area contributed by atoms with Crippen LogP contribution < -0.4 is 16.0 Å². The number of anilines is 2. The number of hydrogen-bond acceptors (Lipinski definition) is 4. The zero-order valence-electron chi connectivity index (χ0n) is 31.0. The Balaban J connectivity index is 0.000000606. The molecule has 0 saturated heterocycles. The molecule has 0 radical (unpaired) electrons. The van der Waals surface area contributed by atoms with Gasteiger partial charge in [-0.2, -0.15) is 13.2 Å². The highest BCUT2D eigenvalue weighted by atomic mass is 19.4. The quantitative estimate of drug-likeness (QED) is 0.0698. The Morgan fingerprint density at radius 3 is 1.98 bits per heavy atom. The van der Waals surface area contributed by atoms with Crippen molar-refractivity contribution in [1.29, 1.82) is 0 Å². The number of carboxylic acid groups (broad SMARTS) is 1. The minimum Gasteiger partial charge on any atom is -0.480 e. The van der Waals surface area contributed by atoms with Crippen LogP contribution in [-0.2, 0) is 17.8 Å². The summed E-state index contributed by atoms with van der Waals surface area (Å²) in [5.74, 6) is -0.733. The molecule has 0 spiro atoms. The minimum atomic E-state index is -4.01. The average molecular weight is 702 g/mol. The second-order valence-electron chi connectivity index (χ2n) is 13.9. The van der Waals surface area contributed by atoms with Gasteiger partial charge in [-0.3, -0.25) is 0 Å². The lowest BCUT2D eigenvalue weighted by Crippen LogP contribution is -2.35. The van der Waals surface area contributed by atoms with Crippen LogP contribution in [0.25, 0.3) is 0 Å². The van der Waals surface area contributed by atoms with Crippen molar-refractivity contribution in [2.45, 2.75) is 167 Å². The lowest BCUT2D eigenvalue weighted by Gasteiger charge is -2.13. The molecule has 0 bridgehead atoms. The number of carboxylic acids is 1.